The number of hydrogen-bond acceptors (Lipinski definition) is 7. The Morgan fingerprint density at radius 2 is 1.97 bits per heavy atom. The molecular formula is C29H25N5O3. The van der Waals surface area contributed by atoms with Crippen LogP contribution in [0.1, 0.15) is 45.6 Å². The van der Waals surface area contributed by atoms with E-state index in [0.29, 0.717) is 42.0 Å². The van der Waals surface area contributed by atoms with Gasteiger partial charge in [-0.3, -0.25) is 14.2 Å². The molecule has 1 aliphatic heterocycles. The average molecular weight is 492 g/mol. The molecule has 2 aliphatic rings. The van der Waals surface area contributed by atoms with Crippen LogP contribution in [0, 0.1) is 12.3 Å². The number of carbonyl (C=O) groups is 1. The summed E-state index contributed by atoms with van der Waals surface area (Å²) in [6.07, 6.45) is 8.46. The second-order valence-corrected chi connectivity index (χ2v) is 9.24. The minimum Gasteiger partial charge on any atom is -0.371 e. The van der Waals surface area contributed by atoms with Gasteiger partial charge in [0.25, 0.3) is 5.56 Å². The van der Waals surface area contributed by atoms with Crippen LogP contribution in [-0.4, -0.2) is 40.0 Å². The SMILES string of the molecule is C#Cc1cc2cnc(Nc3ccc(C4CNCCO4)cc3)nc2n(C2CCc3ccccc3C2=O)c1=O. The van der Waals surface area contributed by atoms with Crippen molar-refractivity contribution in [2.24, 2.45) is 0 Å². The van der Waals surface area contributed by atoms with E-state index in [1.807, 2.05) is 48.5 Å². The topological polar surface area (TPSA) is 98.1 Å². The van der Waals surface area contributed by atoms with Crippen molar-refractivity contribution in [1.82, 2.24) is 19.9 Å². The number of carbonyl (C=O) groups excluding carboxylic acids is 1. The fourth-order valence-electron chi connectivity index (χ4n) is 5.09. The van der Waals surface area contributed by atoms with Gasteiger partial charge in [-0.1, -0.05) is 42.3 Å². The van der Waals surface area contributed by atoms with Gasteiger partial charge in [0.05, 0.1) is 18.3 Å². The van der Waals surface area contributed by atoms with Crippen molar-refractivity contribution in [2.45, 2.75) is 25.0 Å². The number of rotatable bonds is 4. The highest BCUT2D eigenvalue weighted by Gasteiger charge is 2.31. The Labute approximate surface area is 213 Å². The highest BCUT2D eigenvalue weighted by Crippen LogP contribution is 2.30. The van der Waals surface area contributed by atoms with Crippen LogP contribution in [0.4, 0.5) is 11.6 Å². The van der Waals surface area contributed by atoms with Gasteiger partial charge in [-0.25, -0.2) is 4.98 Å². The largest absolute Gasteiger partial charge is 0.371 e. The summed E-state index contributed by atoms with van der Waals surface area (Å²) in [6.45, 7) is 2.33. The van der Waals surface area contributed by atoms with Crippen LogP contribution < -0.4 is 16.2 Å². The summed E-state index contributed by atoms with van der Waals surface area (Å²) in [5, 5.41) is 7.14. The van der Waals surface area contributed by atoms with Crippen LogP contribution in [0.2, 0.25) is 0 Å². The zero-order valence-electron chi connectivity index (χ0n) is 20.1. The van der Waals surface area contributed by atoms with Crippen LogP contribution in [0.15, 0.2) is 65.6 Å². The van der Waals surface area contributed by atoms with Gasteiger partial charge in [0.1, 0.15) is 11.7 Å². The molecule has 0 radical (unpaired) electrons. The van der Waals surface area contributed by atoms with Gasteiger partial charge in [0.15, 0.2) is 5.78 Å². The van der Waals surface area contributed by atoms with Gasteiger partial charge in [-0.05, 0) is 42.2 Å². The summed E-state index contributed by atoms with van der Waals surface area (Å²) in [5.74, 6) is 2.67. The number of pyridine rings is 1. The number of anilines is 2. The summed E-state index contributed by atoms with van der Waals surface area (Å²) in [5.41, 5.74) is 3.66. The molecule has 2 aromatic heterocycles. The lowest BCUT2D eigenvalue weighted by Gasteiger charge is -2.26. The zero-order valence-corrected chi connectivity index (χ0v) is 20.1. The van der Waals surface area contributed by atoms with E-state index in [0.717, 1.165) is 29.9 Å². The Balaban J connectivity index is 1.37. The first-order chi connectivity index (χ1) is 18.1. The maximum absolute atomic E-state index is 13.5. The molecule has 37 heavy (non-hydrogen) atoms. The quantitative estimate of drug-likeness (QED) is 0.422. The van der Waals surface area contributed by atoms with Crippen molar-refractivity contribution >= 4 is 28.5 Å². The first-order valence-electron chi connectivity index (χ1n) is 12.3. The van der Waals surface area contributed by atoms with Gasteiger partial charge in [-0.2, -0.15) is 4.98 Å². The number of hydrogen-bond donors (Lipinski definition) is 2. The Kier molecular flexibility index (Phi) is 6.01. The molecule has 4 aromatic rings. The number of morpholine rings is 1. The van der Waals surface area contributed by atoms with Crippen molar-refractivity contribution in [3.63, 3.8) is 0 Å². The molecule has 3 heterocycles. The molecular weight excluding hydrogens is 466 g/mol. The van der Waals surface area contributed by atoms with E-state index in [2.05, 4.69) is 26.5 Å². The molecule has 1 fully saturated rings. The lowest BCUT2D eigenvalue weighted by Crippen LogP contribution is -2.35. The molecule has 8 heteroatoms. The first kappa shape index (κ1) is 23.1. The Morgan fingerprint density at radius 3 is 2.76 bits per heavy atom. The number of nitrogens with zero attached hydrogens (tertiary/aromatic N) is 3. The number of ether oxygens (including phenoxy) is 1. The molecule has 2 unspecified atom stereocenters. The summed E-state index contributed by atoms with van der Waals surface area (Å²) in [7, 11) is 0. The van der Waals surface area contributed by atoms with E-state index in [1.54, 1.807) is 12.3 Å². The molecule has 0 amide bonds. The standard InChI is InChI=1S/C29H25N5O3/c1-2-18-15-21-16-31-29(32-22-10-7-20(8-11-22)25-17-30-13-14-37-25)33-27(21)34(28(18)36)24-12-9-19-5-3-4-6-23(19)26(24)35/h1,3-8,10-11,15-16,24-25,30H,9,12-14,17H2,(H,31,32,33). The number of aryl methyl sites for hydroxylation is 1. The average Bonchev–Trinajstić information content (AvgIpc) is 2.95. The van der Waals surface area contributed by atoms with Gasteiger partial charge >= 0.3 is 0 Å². The second kappa shape index (κ2) is 9.62. The molecule has 2 N–H and O–H groups in total. The van der Waals surface area contributed by atoms with E-state index in [4.69, 9.17) is 11.2 Å². The number of aromatic nitrogens is 3. The molecule has 1 aliphatic carbocycles. The van der Waals surface area contributed by atoms with Gasteiger partial charge in [0.2, 0.25) is 5.95 Å². The highest BCUT2D eigenvalue weighted by atomic mass is 16.5. The minimum absolute atomic E-state index is 0.0256. The third-order valence-corrected chi connectivity index (χ3v) is 6.98. The molecule has 6 rings (SSSR count). The van der Waals surface area contributed by atoms with Crippen LogP contribution >= 0.6 is 0 Å². The number of ketones is 1. The van der Waals surface area contributed by atoms with E-state index in [1.165, 1.54) is 4.57 Å². The minimum atomic E-state index is -0.690. The van der Waals surface area contributed by atoms with Crippen LogP contribution in [-0.2, 0) is 11.2 Å². The molecule has 2 aromatic carbocycles. The van der Waals surface area contributed by atoms with Crippen LogP contribution in [0.5, 0.6) is 0 Å². The fourth-order valence-corrected chi connectivity index (χ4v) is 5.09. The number of Topliss-reactive ketones (excluding diaryl/α,β-unsaturated/α-hetero) is 1. The summed E-state index contributed by atoms with van der Waals surface area (Å²) in [6, 6.07) is 16.3. The summed E-state index contributed by atoms with van der Waals surface area (Å²) >= 11 is 0. The molecule has 0 bridgehead atoms. The lowest BCUT2D eigenvalue weighted by molar-refractivity contribution is 0.0277. The van der Waals surface area contributed by atoms with Gasteiger partial charge in [-0.15, -0.1) is 6.42 Å². The number of terminal acetylenes is 1. The first-order valence-corrected chi connectivity index (χ1v) is 12.3. The fraction of sp³-hybridized carbons (Fsp3) is 0.241. The Hall–Kier alpha value is -4.32. The molecule has 8 nitrogen and oxygen atoms in total. The summed E-state index contributed by atoms with van der Waals surface area (Å²) < 4.78 is 7.27. The molecule has 0 saturated carbocycles. The number of benzene rings is 2. The third kappa shape index (κ3) is 4.29. The van der Waals surface area contributed by atoms with Gasteiger partial charge < -0.3 is 15.4 Å². The monoisotopic (exact) mass is 491 g/mol. The van der Waals surface area contributed by atoms with E-state index in [9.17, 15) is 9.59 Å². The predicted molar refractivity (Wildman–Crippen MR) is 141 cm³/mol. The zero-order chi connectivity index (χ0) is 25.4. The maximum Gasteiger partial charge on any atom is 0.268 e. The summed E-state index contributed by atoms with van der Waals surface area (Å²) in [4.78, 5) is 36.0. The van der Waals surface area contributed by atoms with Crippen molar-refractivity contribution in [3.8, 4) is 12.3 Å². The van der Waals surface area contributed by atoms with E-state index in [-0.39, 0.29) is 17.5 Å². The molecule has 1 saturated heterocycles. The van der Waals surface area contributed by atoms with Crippen molar-refractivity contribution < 1.29 is 9.53 Å². The number of fused-ring (bicyclic) bond motifs is 2. The van der Waals surface area contributed by atoms with E-state index < -0.39 is 11.6 Å². The Morgan fingerprint density at radius 1 is 1.14 bits per heavy atom. The van der Waals surface area contributed by atoms with Crippen LogP contribution in [0.25, 0.3) is 11.0 Å². The Bertz CT molecular complexity index is 1600. The molecule has 2 atom stereocenters. The normalized spacial score (nSPS) is 19.3. The highest BCUT2D eigenvalue weighted by molar-refractivity contribution is 6.02. The lowest BCUT2D eigenvalue weighted by atomic mass is 9.87. The molecule has 0 spiro atoms. The van der Waals surface area contributed by atoms with Gasteiger partial charge in [0, 0.05) is 35.9 Å². The van der Waals surface area contributed by atoms with Crippen molar-refractivity contribution in [1.29, 1.82) is 0 Å². The van der Waals surface area contributed by atoms with Crippen LogP contribution in [0.3, 0.4) is 0 Å². The van der Waals surface area contributed by atoms with Crippen molar-refractivity contribution in [3.05, 3.63) is 93.4 Å². The second-order valence-electron chi connectivity index (χ2n) is 9.24. The number of nitrogens with one attached hydrogen (secondary N) is 2. The van der Waals surface area contributed by atoms with Crippen molar-refractivity contribution in [2.75, 3.05) is 25.0 Å². The molecule has 184 valence electrons. The third-order valence-electron chi connectivity index (χ3n) is 6.98. The van der Waals surface area contributed by atoms with E-state index >= 15 is 0 Å². The maximum atomic E-state index is 13.5. The predicted octanol–water partition coefficient (Wildman–Crippen LogP) is 3.55. The smallest absolute Gasteiger partial charge is 0.268 e.